The Morgan fingerprint density at radius 3 is 2.38 bits per heavy atom. The van der Waals surface area contributed by atoms with E-state index in [9.17, 15) is 4.79 Å². The minimum absolute atomic E-state index is 0.00662. The zero-order valence-electron chi connectivity index (χ0n) is 5.06. The molecule has 0 rings (SSSR count). The maximum atomic E-state index is 10.5. The molecule has 8 heavy (non-hydrogen) atoms. The van der Waals surface area contributed by atoms with Crippen LogP contribution in [0.4, 0.5) is 0 Å². The summed E-state index contributed by atoms with van der Waals surface area (Å²) in [5.41, 5.74) is 0. The van der Waals surface area contributed by atoms with Crippen molar-refractivity contribution in [3.63, 3.8) is 0 Å². The van der Waals surface area contributed by atoms with E-state index in [4.69, 9.17) is 5.41 Å². The topological polar surface area (TPSA) is 40.9 Å². The van der Waals surface area contributed by atoms with Crippen LogP contribution in [0.5, 0.6) is 0 Å². The van der Waals surface area contributed by atoms with Crippen LogP contribution in [0.2, 0.25) is 0 Å². The van der Waals surface area contributed by atoms with Crippen molar-refractivity contribution >= 4 is 11.7 Å². The summed E-state index contributed by atoms with van der Waals surface area (Å²) in [6, 6.07) is 0. The molecule has 0 saturated heterocycles. The quantitative estimate of drug-likeness (QED) is 0.419. The van der Waals surface area contributed by atoms with E-state index in [1.165, 1.54) is 0 Å². The second-order valence-corrected chi connectivity index (χ2v) is 1.85. The van der Waals surface area contributed by atoms with E-state index < -0.39 is 0 Å². The Labute approximate surface area is 48.7 Å². The molecular formula is C6H9NO. The molecule has 0 fully saturated rings. The normalized spacial score (nSPS) is 8.38. The Bertz CT molecular complexity index is 131. The van der Waals surface area contributed by atoms with Crippen LogP contribution in [-0.2, 0) is 4.79 Å². The number of carbonyl (C=O) groups is 1. The summed E-state index contributed by atoms with van der Waals surface area (Å²) in [6.45, 7) is 3.58. The van der Waals surface area contributed by atoms with Gasteiger partial charge in [0.2, 0.25) is 0 Å². The Morgan fingerprint density at radius 1 is 1.75 bits per heavy atom. The second-order valence-electron chi connectivity index (χ2n) is 1.85. The first-order valence-corrected chi connectivity index (χ1v) is 2.47. The molecule has 0 aromatic rings. The Morgan fingerprint density at radius 2 is 2.25 bits per heavy atom. The van der Waals surface area contributed by atoms with Gasteiger partial charge in [-0.05, 0) is 5.87 Å². The fourth-order valence-electron chi connectivity index (χ4n) is 0.238. The van der Waals surface area contributed by atoms with Crippen molar-refractivity contribution in [3.8, 4) is 0 Å². The Kier molecular flexibility index (Phi) is 2.82. The first-order valence-electron chi connectivity index (χ1n) is 2.47. The van der Waals surface area contributed by atoms with Gasteiger partial charge in [-0.1, -0.05) is 13.8 Å². The molecule has 0 atom stereocenters. The molecular weight excluding hydrogens is 102 g/mol. The monoisotopic (exact) mass is 111 g/mol. The van der Waals surface area contributed by atoms with E-state index >= 15 is 0 Å². The lowest BCUT2D eigenvalue weighted by atomic mass is 10.1. The molecule has 0 amide bonds. The van der Waals surface area contributed by atoms with Gasteiger partial charge in [0.05, 0.1) is 0 Å². The van der Waals surface area contributed by atoms with E-state index in [1.807, 2.05) is 5.87 Å². The summed E-state index contributed by atoms with van der Waals surface area (Å²) in [4.78, 5) is 10.5. The van der Waals surface area contributed by atoms with Gasteiger partial charge in [-0.15, -0.1) is 0 Å². The number of carbonyl (C=O) groups excluding carboxylic acids is 1. The van der Waals surface area contributed by atoms with Gasteiger partial charge in [-0.25, -0.2) is 0 Å². The van der Waals surface area contributed by atoms with Gasteiger partial charge in [0.1, 0.15) is 0 Å². The average Bonchev–Trinajstić information content (AvgIpc) is 1.67. The molecule has 0 aliphatic rings. The van der Waals surface area contributed by atoms with Crippen molar-refractivity contribution in [2.24, 2.45) is 5.92 Å². The van der Waals surface area contributed by atoms with E-state index in [0.717, 1.165) is 6.08 Å². The number of rotatable bonds is 2. The van der Waals surface area contributed by atoms with Gasteiger partial charge in [-0.3, -0.25) is 10.2 Å². The molecule has 0 heterocycles. The van der Waals surface area contributed by atoms with Crippen LogP contribution in [0.3, 0.4) is 0 Å². The Hall–Kier alpha value is -0.880. The molecule has 0 unspecified atom stereocenters. The third kappa shape index (κ3) is 2.32. The number of hydrogen-bond donors (Lipinski definition) is 1. The van der Waals surface area contributed by atoms with Gasteiger partial charge >= 0.3 is 0 Å². The van der Waals surface area contributed by atoms with Crippen molar-refractivity contribution in [2.45, 2.75) is 13.8 Å². The Balaban J connectivity index is 3.84. The van der Waals surface area contributed by atoms with Crippen LogP contribution in [-0.4, -0.2) is 11.7 Å². The molecule has 0 aliphatic carbocycles. The number of hydrogen-bond acceptors (Lipinski definition) is 2. The molecule has 0 saturated carbocycles. The van der Waals surface area contributed by atoms with Crippen molar-refractivity contribution in [1.29, 1.82) is 5.41 Å². The SMILES string of the molecule is CC(C)C(=O)C=C=N. The van der Waals surface area contributed by atoms with E-state index in [1.54, 1.807) is 13.8 Å². The lowest BCUT2D eigenvalue weighted by Gasteiger charge is -1.91. The zero-order valence-corrected chi connectivity index (χ0v) is 5.06. The first-order chi connectivity index (χ1) is 3.68. The minimum Gasteiger partial charge on any atom is -0.294 e. The molecule has 0 aromatic heterocycles. The van der Waals surface area contributed by atoms with Gasteiger partial charge < -0.3 is 0 Å². The standard InChI is InChI=1S/C6H9NO/c1-5(2)6(8)3-4-7/h3,5,7H,1-2H3. The largest absolute Gasteiger partial charge is 0.294 e. The smallest absolute Gasteiger partial charge is 0.167 e. The summed E-state index contributed by atoms with van der Waals surface area (Å²) >= 11 is 0. The fraction of sp³-hybridized carbons (Fsp3) is 0.500. The summed E-state index contributed by atoms with van der Waals surface area (Å²) in [6.07, 6.45) is 1.14. The highest BCUT2D eigenvalue weighted by Crippen LogP contribution is 1.92. The van der Waals surface area contributed by atoms with Crippen molar-refractivity contribution in [3.05, 3.63) is 6.08 Å². The molecule has 0 aromatic carbocycles. The third-order valence-corrected chi connectivity index (χ3v) is 0.783. The molecule has 2 nitrogen and oxygen atoms in total. The lowest BCUT2D eigenvalue weighted by Crippen LogP contribution is -2.01. The van der Waals surface area contributed by atoms with E-state index in [-0.39, 0.29) is 11.7 Å². The van der Waals surface area contributed by atoms with Crippen LogP contribution in [0.15, 0.2) is 6.08 Å². The highest BCUT2D eigenvalue weighted by Gasteiger charge is 1.99. The summed E-state index contributed by atoms with van der Waals surface area (Å²) in [7, 11) is 0. The molecule has 0 radical (unpaired) electrons. The van der Waals surface area contributed by atoms with Crippen LogP contribution >= 0.6 is 0 Å². The van der Waals surface area contributed by atoms with Crippen LogP contribution in [0.1, 0.15) is 13.8 Å². The maximum Gasteiger partial charge on any atom is 0.167 e. The number of allylic oxidation sites excluding steroid dienone is 1. The van der Waals surface area contributed by atoms with Crippen LogP contribution in [0, 0.1) is 11.3 Å². The third-order valence-electron chi connectivity index (χ3n) is 0.783. The van der Waals surface area contributed by atoms with Crippen molar-refractivity contribution < 1.29 is 4.79 Å². The lowest BCUT2D eigenvalue weighted by molar-refractivity contribution is -0.117. The molecule has 0 aliphatic heterocycles. The number of ketones is 1. The van der Waals surface area contributed by atoms with Gasteiger partial charge in [-0.2, -0.15) is 0 Å². The predicted octanol–water partition coefficient (Wildman–Crippen LogP) is 1.02. The van der Waals surface area contributed by atoms with Crippen molar-refractivity contribution in [1.82, 2.24) is 0 Å². The van der Waals surface area contributed by atoms with Crippen molar-refractivity contribution in [2.75, 3.05) is 0 Å². The highest BCUT2D eigenvalue weighted by molar-refractivity contribution is 5.97. The number of nitrogens with one attached hydrogen (secondary N) is 1. The predicted molar refractivity (Wildman–Crippen MR) is 32.1 cm³/mol. The second kappa shape index (κ2) is 3.16. The first kappa shape index (κ1) is 7.12. The molecule has 0 bridgehead atoms. The molecule has 2 heteroatoms. The summed E-state index contributed by atoms with van der Waals surface area (Å²) in [5.74, 6) is 1.88. The minimum atomic E-state index is -0.0417. The highest BCUT2D eigenvalue weighted by atomic mass is 16.1. The molecule has 44 valence electrons. The molecule has 0 spiro atoms. The van der Waals surface area contributed by atoms with E-state index in [2.05, 4.69) is 0 Å². The van der Waals surface area contributed by atoms with Crippen LogP contribution < -0.4 is 0 Å². The van der Waals surface area contributed by atoms with E-state index in [0.29, 0.717) is 0 Å². The summed E-state index contributed by atoms with van der Waals surface area (Å²) in [5, 5.41) is 6.40. The molecule has 1 N–H and O–H groups in total. The zero-order chi connectivity index (χ0) is 6.57. The average molecular weight is 111 g/mol. The summed E-state index contributed by atoms with van der Waals surface area (Å²) < 4.78 is 0. The van der Waals surface area contributed by atoms with Gasteiger partial charge in [0.15, 0.2) is 5.78 Å². The van der Waals surface area contributed by atoms with Gasteiger partial charge in [0.25, 0.3) is 0 Å². The maximum absolute atomic E-state index is 10.5. The fourth-order valence-corrected chi connectivity index (χ4v) is 0.238. The van der Waals surface area contributed by atoms with Crippen LogP contribution in [0.25, 0.3) is 0 Å². The van der Waals surface area contributed by atoms with Gasteiger partial charge in [0, 0.05) is 12.0 Å².